The maximum absolute atomic E-state index is 11.7. The number of carbonyl (C=O) groups is 2. The van der Waals surface area contributed by atoms with Crippen molar-refractivity contribution in [3.05, 3.63) is 65.9 Å². The van der Waals surface area contributed by atoms with E-state index < -0.39 is 11.9 Å². The van der Waals surface area contributed by atoms with Gasteiger partial charge in [0.1, 0.15) is 11.4 Å². The highest BCUT2D eigenvalue weighted by atomic mass is 16.2. The van der Waals surface area contributed by atoms with Gasteiger partial charge in [0.2, 0.25) is 5.95 Å². The minimum absolute atomic E-state index is 0.174. The van der Waals surface area contributed by atoms with E-state index in [2.05, 4.69) is 25.9 Å². The summed E-state index contributed by atoms with van der Waals surface area (Å²) in [7, 11) is 0. The second-order valence-corrected chi connectivity index (χ2v) is 6.01. The SMILES string of the molecule is Cc1cccc(Nc2nc(Nc3ccc(NC(N)=O)cc3)ncc2C(N)=O)c1. The third kappa shape index (κ3) is 4.73. The van der Waals surface area contributed by atoms with Gasteiger partial charge in [-0.3, -0.25) is 4.79 Å². The highest BCUT2D eigenvalue weighted by Gasteiger charge is 2.13. The molecule has 0 bridgehead atoms. The van der Waals surface area contributed by atoms with E-state index in [-0.39, 0.29) is 11.5 Å². The largest absolute Gasteiger partial charge is 0.365 e. The van der Waals surface area contributed by atoms with E-state index in [9.17, 15) is 9.59 Å². The molecule has 28 heavy (non-hydrogen) atoms. The Morgan fingerprint density at radius 3 is 2.29 bits per heavy atom. The molecule has 0 atom stereocenters. The van der Waals surface area contributed by atoms with E-state index in [4.69, 9.17) is 11.5 Å². The smallest absolute Gasteiger partial charge is 0.316 e. The number of hydrogen-bond acceptors (Lipinski definition) is 6. The molecule has 0 radical (unpaired) electrons. The summed E-state index contributed by atoms with van der Waals surface area (Å²) in [6.45, 7) is 1.96. The fourth-order valence-corrected chi connectivity index (χ4v) is 2.49. The lowest BCUT2D eigenvalue weighted by Gasteiger charge is -2.12. The molecule has 0 spiro atoms. The fraction of sp³-hybridized carbons (Fsp3) is 0.0526. The molecule has 0 saturated heterocycles. The summed E-state index contributed by atoms with van der Waals surface area (Å²) >= 11 is 0. The molecule has 9 heteroatoms. The first kappa shape index (κ1) is 18.6. The molecule has 1 heterocycles. The van der Waals surface area contributed by atoms with Crippen molar-refractivity contribution < 1.29 is 9.59 Å². The number of benzene rings is 2. The minimum atomic E-state index is -0.641. The van der Waals surface area contributed by atoms with Crippen LogP contribution >= 0.6 is 0 Å². The fourth-order valence-electron chi connectivity index (χ4n) is 2.49. The zero-order chi connectivity index (χ0) is 20.1. The molecule has 3 amide bonds. The Hall–Kier alpha value is -4.14. The Kier molecular flexibility index (Phi) is 5.35. The van der Waals surface area contributed by atoms with E-state index in [1.807, 2.05) is 31.2 Å². The van der Waals surface area contributed by atoms with Crippen molar-refractivity contribution in [1.29, 1.82) is 0 Å². The molecule has 3 aromatic rings. The monoisotopic (exact) mass is 377 g/mol. The van der Waals surface area contributed by atoms with Crippen LogP contribution in [0, 0.1) is 6.92 Å². The summed E-state index contributed by atoms with van der Waals surface area (Å²) < 4.78 is 0. The van der Waals surface area contributed by atoms with Crippen molar-refractivity contribution in [3.8, 4) is 0 Å². The number of aromatic nitrogens is 2. The van der Waals surface area contributed by atoms with Crippen LogP contribution < -0.4 is 27.4 Å². The van der Waals surface area contributed by atoms with Crippen molar-refractivity contribution in [2.24, 2.45) is 11.5 Å². The van der Waals surface area contributed by atoms with Gasteiger partial charge in [0.15, 0.2) is 0 Å². The summed E-state index contributed by atoms with van der Waals surface area (Å²) in [6, 6.07) is 13.8. The van der Waals surface area contributed by atoms with Gasteiger partial charge < -0.3 is 27.4 Å². The lowest BCUT2D eigenvalue weighted by Crippen LogP contribution is -2.19. The van der Waals surface area contributed by atoms with E-state index in [1.165, 1.54) is 6.20 Å². The first-order valence-corrected chi connectivity index (χ1v) is 8.35. The summed E-state index contributed by atoms with van der Waals surface area (Å²) in [4.78, 5) is 31.1. The van der Waals surface area contributed by atoms with Gasteiger partial charge in [-0.1, -0.05) is 12.1 Å². The minimum Gasteiger partial charge on any atom is -0.365 e. The van der Waals surface area contributed by atoms with E-state index in [0.717, 1.165) is 11.3 Å². The number of aryl methyl sites for hydroxylation is 1. The molecule has 0 aliphatic heterocycles. The Morgan fingerprint density at radius 1 is 0.929 bits per heavy atom. The molecule has 7 N–H and O–H groups in total. The highest BCUT2D eigenvalue weighted by molar-refractivity contribution is 5.98. The molecule has 0 unspecified atom stereocenters. The average molecular weight is 377 g/mol. The molecule has 0 aliphatic rings. The summed E-state index contributed by atoms with van der Waals surface area (Å²) in [5, 5.41) is 8.60. The Morgan fingerprint density at radius 2 is 1.64 bits per heavy atom. The number of carbonyl (C=O) groups excluding carboxylic acids is 2. The Bertz CT molecular complexity index is 1020. The predicted octanol–water partition coefficient (Wildman–Crippen LogP) is 2.86. The van der Waals surface area contributed by atoms with E-state index in [0.29, 0.717) is 17.2 Å². The van der Waals surface area contributed by atoms with E-state index in [1.54, 1.807) is 24.3 Å². The third-order valence-corrected chi connectivity index (χ3v) is 3.74. The van der Waals surface area contributed by atoms with Crippen LogP contribution in [0.2, 0.25) is 0 Å². The highest BCUT2D eigenvalue weighted by Crippen LogP contribution is 2.22. The number of anilines is 5. The standard InChI is InChI=1S/C19H19N7O2/c1-11-3-2-4-14(9-11)23-17-15(16(20)27)10-22-19(26-17)25-13-7-5-12(6-8-13)24-18(21)28/h2-10H,1H3,(H2,20,27)(H3,21,24,28)(H2,22,23,25,26). The predicted molar refractivity (Wildman–Crippen MR) is 108 cm³/mol. The summed E-state index contributed by atoms with van der Waals surface area (Å²) in [5.41, 5.74) is 13.8. The molecule has 9 nitrogen and oxygen atoms in total. The van der Waals surface area contributed by atoms with Gasteiger partial charge in [0.25, 0.3) is 5.91 Å². The van der Waals surface area contributed by atoms with Gasteiger partial charge in [-0.2, -0.15) is 4.98 Å². The zero-order valence-electron chi connectivity index (χ0n) is 15.1. The molecular formula is C19H19N7O2. The number of nitrogens with one attached hydrogen (secondary N) is 3. The topological polar surface area (TPSA) is 148 Å². The van der Waals surface area contributed by atoms with Gasteiger partial charge in [-0.15, -0.1) is 0 Å². The van der Waals surface area contributed by atoms with Crippen LogP contribution in [0.15, 0.2) is 54.7 Å². The first-order chi connectivity index (χ1) is 13.4. The van der Waals surface area contributed by atoms with Crippen molar-refractivity contribution >= 4 is 40.8 Å². The van der Waals surface area contributed by atoms with Crippen LogP contribution in [0.3, 0.4) is 0 Å². The van der Waals surface area contributed by atoms with Crippen LogP contribution in [0.4, 0.5) is 33.6 Å². The number of amides is 3. The lowest BCUT2D eigenvalue weighted by molar-refractivity contribution is 0.100. The molecule has 142 valence electrons. The van der Waals surface area contributed by atoms with Crippen LogP contribution in [0.5, 0.6) is 0 Å². The molecule has 1 aromatic heterocycles. The second-order valence-electron chi connectivity index (χ2n) is 6.01. The maximum Gasteiger partial charge on any atom is 0.316 e. The molecule has 2 aromatic carbocycles. The molecule has 0 fully saturated rings. The van der Waals surface area contributed by atoms with Crippen LogP contribution in [0.1, 0.15) is 15.9 Å². The number of nitrogens with two attached hydrogens (primary N) is 2. The van der Waals surface area contributed by atoms with Gasteiger partial charge in [-0.25, -0.2) is 9.78 Å². The van der Waals surface area contributed by atoms with Crippen molar-refractivity contribution in [2.45, 2.75) is 6.92 Å². The Balaban J connectivity index is 1.84. The summed E-state index contributed by atoms with van der Waals surface area (Å²) in [5.74, 6) is -0.0676. The molecular weight excluding hydrogens is 358 g/mol. The number of primary amides is 2. The molecule has 3 rings (SSSR count). The van der Waals surface area contributed by atoms with Crippen molar-refractivity contribution in [3.63, 3.8) is 0 Å². The number of urea groups is 1. The van der Waals surface area contributed by atoms with Crippen LogP contribution in [-0.2, 0) is 0 Å². The average Bonchev–Trinajstić information content (AvgIpc) is 2.63. The van der Waals surface area contributed by atoms with Crippen LogP contribution in [-0.4, -0.2) is 21.9 Å². The van der Waals surface area contributed by atoms with Gasteiger partial charge in [0, 0.05) is 23.3 Å². The second kappa shape index (κ2) is 8.04. The van der Waals surface area contributed by atoms with E-state index >= 15 is 0 Å². The zero-order valence-corrected chi connectivity index (χ0v) is 15.1. The maximum atomic E-state index is 11.7. The molecule has 0 saturated carbocycles. The van der Waals surface area contributed by atoms with Gasteiger partial charge >= 0.3 is 6.03 Å². The van der Waals surface area contributed by atoms with Gasteiger partial charge in [0.05, 0.1) is 0 Å². The number of nitrogens with zero attached hydrogens (tertiary/aromatic N) is 2. The number of rotatable bonds is 6. The summed E-state index contributed by atoms with van der Waals surface area (Å²) in [6.07, 6.45) is 1.36. The normalized spacial score (nSPS) is 10.2. The number of hydrogen-bond donors (Lipinski definition) is 5. The third-order valence-electron chi connectivity index (χ3n) is 3.74. The first-order valence-electron chi connectivity index (χ1n) is 8.35. The lowest BCUT2D eigenvalue weighted by atomic mass is 10.2. The quantitative estimate of drug-likeness (QED) is 0.446. The van der Waals surface area contributed by atoms with Gasteiger partial charge in [-0.05, 0) is 48.9 Å². The van der Waals surface area contributed by atoms with Crippen LogP contribution in [0.25, 0.3) is 0 Å². The Labute approximate surface area is 161 Å². The van der Waals surface area contributed by atoms with Crippen molar-refractivity contribution in [2.75, 3.05) is 16.0 Å². The van der Waals surface area contributed by atoms with Crippen molar-refractivity contribution in [1.82, 2.24) is 9.97 Å². The molecule has 0 aliphatic carbocycles.